The second-order valence-corrected chi connectivity index (χ2v) is 15.2. The van der Waals surface area contributed by atoms with E-state index < -0.39 is 0 Å². The molecule has 0 aromatic carbocycles. The van der Waals surface area contributed by atoms with Crippen molar-refractivity contribution in [2.24, 2.45) is 41.4 Å². The molecule has 0 N–H and O–H groups in total. The van der Waals surface area contributed by atoms with Crippen LogP contribution in [-0.2, 0) is 0 Å². The van der Waals surface area contributed by atoms with E-state index in [1.807, 2.05) is 0 Å². The van der Waals surface area contributed by atoms with Crippen LogP contribution >= 0.6 is 12.6 Å². The molecule has 6 atom stereocenters. The molecule has 3 aliphatic rings. The van der Waals surface area contributed by atoms with Gasteiger partial charge in [-0.1, -0.05) is 20.8 Å². The lowest BCUT2D eigenvalue weighted by atomic mass is 9.71. The summed E-state index contributed by atoms with van der Waals surface area (Å²) in [5.74, 6) is 7.02. The molecular formula is C33H65N3S. The number of hydrogen-bond acceptors (Lipinski definition) is 4. The van der Waals surface area contributed by atoms with Gasteiger partial charge in [0, 0.05) is 37.3 Å². The highest BCUT2D eigenvalue weighted by atomic mass is 32.1. The Balaban J connectivity index is 1.59. The zero-order valence-electron chi connectivity index (χ0n) is 26.3. The minimum Gasteiger partial charge on any atom is -0.301 e. The van der Waals surface area contributed by atoms with Crippen molar-refractivity contribution < 1.29 is 0 Å². The van der Waals surface area contributed by atoms with E-state index in [0.29, 0.717) is 18.1 Å². The summed E-state index contributed by atoms with van der Waals surface area (Å²) in [6.45, 7) is 28.4. The van der Waals surface area contributed by atoms with Gasteiger partial charge in [0.1, 0.15) is 0 Å². The van der Waals surface area contributed by atoms with Crippen LogP contribution in [0.2, 0.25) is 0 Å². The highest BCUT2D eigenvalue weighted by molar-refractivity contribution is 7.80. The fraction of sp³-hybridized carbons (Fsp3) is 1.00. The summed E-state index contributed by atoms with van der Waals surface area (Å²) in [6.07, 6.45) is 9.91. The third-order valence-electron chi connectivity index (χ3n) is 10.9. The third-order valence-corrected chi connectivity index (χ3v) is 11.4. The molecule has 3 fully saturated rings. The van der Waals surface area contributed by atoms with Gasteiger partial charge in [-0.05, 0) is 153 Å². The Morgan fingerprint density at radius 3 is 1.84 bits per heavy atom. The average Bonchev–Trinajstić information content (AvgIpc) is 2.86. The Kier molecular flexibility index (Phi) is 12.7. The molecule has 0 radical (unpaired) electrons. The Morgan fingerprint density at radius 1 is 0.649 bits per heavy atom. The van der Waals surface area contributed by atoms with E-state index in [2.05, 4.69) is 77.0 Å². The monoisotopic (exact) mass is 535 g/mol. The number of likely N-dealkylation sites (tertiary alicyclic amines) is 3. The molecule has 6 unspecified atom stereocenters. The number of rotatable bonds is 11. The van der Waals surface area contributed by atoms with E-state index in [4.69, 9.17) is 12.6 Å². The molecule has 3 rings (SSSR count). The van der Waals surface area contributed by atoms with Crippen LogP contribution in [0.1, 0.15) is 107 Å². The van der Waals surface area contributed by atoms with Crippen molar-refractivity contribution in [2.45, 2.75) is 131 Å². The summed E-state index contributed by atoms with van der Waals surface area (Å²) in [5, 5.41) is 0. The SMILES string of the molecule is CC(C)C1CC(CC(C)C2CC(CC(CS)C3CCN(C(C)C)CC3)CN(C(C)C)C2)CCN1C(C)C. The lowest BCUT2D eigenvalue weighted by Crippen LogP contribution is -2.49. The molecule has 4 heteroatoms. The summed E-state index contributed by atoms with van der Waals surface area (Å²) in [7, 11) is 0. The molecule has 0 aromatic rings. The van der Waals surface area contributed by atoms with Gasteiger partial charge in [-0.2, -0.15) is 12.6 Å². The lowest BCUT2D eigenvalue weighted by Gasteiger charge is -2.47. The average molecular weight is 536 g/mol. The number of hydrogen-bond donors (Lipinski definition) is 1. The highest BCUT2D eigenvalue weighted by Gasteiger charge is 2.37. The van der Waals surface area contributed by atoms with Gasteiger partial charge in [-0.3, -0.25) is 4.90 Å². The van der Waals surface area contributed by atoms with Crippen LogP contribution in [0.5, 0.6) is 0 Å². The maximum absolute atomic E-state index is 4.92. The minimum absolute atomic E-state index is 0.667. The number of nitrogens with zero attached hydrogens (tertiary/aromatic N) is 3. The molecule has 0 saturated carbocycles. The Hall–Kier alpha value is 0.230. The van der Waals surface area contributed by atoms with E-state index in [9.17, 15) is 0 Å². The van der Waals surface area contributed by atoms with E-state index >= 15 is 0 Å². The maximum atomic E-state index is 4.92. The van der Waals surface area contributed by atoms with Crippen molar-refractivity contribution in [1.82, 2.24) is 14.7 Å². The van der Waals surface area contributed by atoms with Crippen LogP contribution in [-0.4, -0.2) is 77.3 Å². The fourth-order valence-electron chi connectivity index (χ4n) is 8.36. The van der Waals surface area contributed by atoms with Crippen LogP contribution < -0.4 is 0 Å². The van der Waals surface area contributed by atoms with Crippen molar-refractivity contribution in [1.29, 1.82) is 0 Å². The van der Waals surface area contributed by atoms with E-state index in [1.54, 1.807) is 0 Å². The Bertz CT molecular complexity index is 641. The van der Waals surface area contributed by atoms with Crippen LogP contribution in [0.15, 0.2) is 0 Å². The molecule has 0 spiro atoms. The molecule has 0 amide bonds. The first kappa shape index (κ1) is 31.8. The molecule has 218 valence electrons. The first-order valence-electron chi connectivity index (χ1n) is 16.3. The fourth-order valence-corrected chi connectivity index (χ4v) is 8.81. The van der Waals surface area contributed by atoms with Gasteiger partial charge in [-0.15, -0.1) is 0 Å². The lowest BCUT2D eigenvalue weighted by molar-refractivity contribution is 0.0265. The largest absolute Gasteiger partial charge is 0.301 e. The quantitative estimate of drug-likeness (QED) is 0.274. The topological polar surface area (TPSA) is 9.72 Å². The summed E-state index contributed by atoms with van der Waals surface area (Å²) < 4.78 is 0. The van der Waals surface area contributed by atoms with Gasteiger partial charge in [0.15, 0.2) is 0 Å². The van der Waals surface area contributed by atoms with Crippen LogP contribution in [0, 0.1) is 41.4 Å². The van der Waals surface area contributed by atoms with Crippen LogP contribution in [0.25, 0.3) is 0 Å². The zero-order chi connectivity index (χ0) is 27.3. The van der Waals surface area contributed by atoms with Gasteiger partial charge in [0.05, 0.1) is 0 Å². The smallest absolute Gasteiger partial charge is 0.0124 e. The maximum Gasteiger partial charge on any atom is 0.0124 e. The van der Waals surface area contributed by atoms with Crippen molar-refractivity contribution in [3.05, 3.63) is 0 Å². The first-order chi connectivity index (χ1) is 17.5. The summed E-state index contributed by atoms with van der Waals surface area (Å²) in [5.41, 5.74) is 0. The normalized spacial score (nSPS) is 31.6. The van der Waals surface area contributed by atoms with Gasteiger partial charge < -0.3 is 9.80 Å². The second kappa shape index (κ2) is 14.7. The predicted octanol–water partition coefficient (Wildman–Crippen LogP) is 7.56. The molecule has 3 saturated heterocycles. The summed E-state index contributed by atoms with van der Waals surface area (Å²) >= 11 is 4.92. The van der Waals surface area contributed by atoms with Crippen molar-refractivity contribution >= 4 is 12.6 Å². The van der Waals surface area contributed by atoms with Crippen LogP contribution in [0.4, 0.5) is 0 Å². The van der Waals surface area contributed by atoms with Gasteiger partial charge >= 0.3 is 0 Å². The number of thiol groups is 1. The van der Waals surface area contributed by atoms with Crippen molar-refractivity contribution in [2.75, 3.05) is 38.5 Å². The minimum atomic E-state index is 0.667. The third kappa shape index (κ3) is 8.86. The second-order valence-electron chi connectivity index (χ2n) is 14.8. The molecule has 3 nitrogen and oxygen atoms in total. The molecule has 37 heavy (non-hydrogen) atoms. The summed E-state index contributed by atoms with van der Waals surface area (Å²) in [4.78, 5) is 8.32. The first-order valence-corrected chi connectivity index (χ1v) is 17.0. The van der Waals surface area contributed by atoms with Gasteiger partial charge in [-0.25, -0.2) is 0 Å². The van der Waals surface area contributed by atoms with E-state index in [1.165, 1.54) is 77.7 Å². The van der Waals surface area contributed by atoms with Gasteiger partial charge in [0.25, 0.3) is 0 Å². The molecule has 3 aliphatic heterocycles. The van der Waals surface area contributed by atoms with E-state index in [-0.39, 0.29) is 0 Å². The molecular weight excluding hydrogens is 470 g/mol. The highest BCUT2D eigenvalue weighted by Crippen LogP contribution is 2.40. The number of piperidine rings is 3. The molecule has 3 heterocycles. The van der Waals surface area contributed by atoms with Crippen LogP contribution in [0.3, 0.4) is 0 Å². The summed E-state index contributed by atoms with van der Waals surface area (Å²) in [6, 6.07) is 2.82. The molecule has 0 aromatic heterocycles. The Labute approximate surface area is 238 Å². The van der Waals surface area contributed by atoms with Gasteiger partial charge in [0.2, 0.25) is 0 Å². The van der Waals surface area contributed by atoms with Crippen molar-refractivity contribution in [3.63, 3.8) is 0 Å². The zero-order valence-corrected chi connectivity index (χ0v) is 27.2. The predicted molar refractivity (Wildman–Crippen MR) is 167 cm³/mol. The Morgan fingerprint density at radius 2 is 1.30 bits per heavy atom. The molecule has 0 bridgehead atoms. The van der Waals surface area contributed by atoms with Crippen molar-refractivity contribution in [3.8, 4) is 0 Å². The molecule has 0 aliphatic carbocycles. The standard InChI is InChI=1S/C33H65N3S/c1-23(2)33-19-28(10-15-36(33)26(7)8)16-27(9)31-17-29(20-35(21-31)25(5)6)18-32(22-37)30-11-13-34(14-12-30)24(3)4/h23-33,37H,10-22H2,1-9H3. The van der Waals surface area contributed by atoms with E-state index in [0.717, 1.165) is 53.2 Å².